The molecular weight excluding hydrogens is 544 g/mol. The zero-order chi connectivity index (χ0) is 31.0. The van der Waals surface area contributed by atoms with Gasteiger partial charge >= 0.3 is 5.97 Å². The van der Waals surface area contributed by atoms with Gasteiger partial charge in [-0.25, -0.2) is 8.78 Å². The summed E-state index contributed by atoms with van der Waals surface area (Å²) in [6, 6.07) is 5.15. The molecule has 3 amide bonds. The van der Waals surface area contributed by atoms with Gasteiger partial charge in [-0.05, 0) is 80.8 Å². The van der Waals surface area contributed by atoms with Crippen molar-refractivity contribution in [2.45, 2.75) is 91.3 Å². The molecule has 1 aliphatic heterocycles. The third kappa shape index (κ3) is 7.92. The summed E-state index contributed by atoms with van der Waals surface area (Å²) in [5.74, 6) is -4.32. The predicted octanol–water partition coefficient (Wildman–Crippen LogP) is 5.05. The molecule has 2 N–H and O–H groups in total. The van der Waals surface area contributed by atoms with Crippen LogP contribution in [-0.2, 0) is 23.9 Å². The molecule has 3 rings (SSSR count). The first kappa shape index (κ1) is 32.7. The summed E-state index contributed by atoms with van der Waals surface area (Å²) in [6.07, 6.45) is 2.39. The van der Waals surface area contributed by atoms with Gasteiger partial charge in [-0.15, -0.1) is 0 Å². The Bertz CT molecular complexity index is 1300. The standard InChI is InChI=1S/C32H41F2N3O5/c1-6-11-25(35-32(41)27-14-8-9-15-37(27)21(5)38)31(40)36-26(18-28(39)42-7-2)23-16-22(17-24(33)30(23)34)29-19(3)12-10-13-20(29)4/h10,12-13,16-17,25-27H,6-9,11,14-15,18H2,1-5H3,(H,35,41)(H,36,40)/t25-,26-,27+/m0/s1. The molecule has 0 spiro atoms. The highest BCUT2D eigenvalue weighted by molar-refractivity contribution is 5.92. The number of hydrogen-bond donors (Lipinski definition) is 2. The van der Waals surface area contributed by atoms with Gasteiger partial charge in [0, 0.05) is 19.0 Å². The first-order valence-corrected chi connectivity index (χ1v) is 14.6. The fourth-order valence-corrected chi connectivity index (χ4v) is 5.58. The average molecular weight is 586 g/mol. The maximum Gasteiger partial charge on any atom is 0.308 e. The van der Waals surface area contributed by atoms with Gasteiger partial charge in [0.1, 0.15) is 12.1 Å². The molecular formula is C32H41F2N3O5. The molecule has 0 unspecified atom stereocenters. The number of aryl methyl sites for hydroxylation is 2. The number of carbonyl (C=O) groups is 4. The number of ether oxygens (including phenoxy) is 1. The van der Waals surface area contributed by atoms with Gasteiger partial charge in [0.25, 0.3) is 0 Å². The summed E-state index contributed by atoms with van der Waals surface area (Å²) in [5, 5.41) is 5.44. The number of piperidine rings is 1. The summed E-state index contributed by atoms with van der Waals surface area (Å²) in [7, 11) is 0. The van der Waals surface area contributed by atoms with Crippen molar-refractivity contribution < 1.29 is 32.7 Å². The van der Waals surface area contributed by atoms with Gasteiger partial charge in [-0.3, -0.25) is 19.2 Å². The fourth-order valence-electron chi connectivity index (χ4n) is 5.58. The van der Waals surface area contributed by atoms with Gasteiger partial charge in [0.15, 0.2) is 11.6 Å². The number of rotatable bonds is 11. The largest absolute Gasteiger partial charge is 0.466 e. The van der Waals surface area contributed by atoms with Crippen molar-refractivity contribution in [3.05, 3.63) is 58.7 Å². The fraction of sp³-hybridized carbons (Fsp3) is 0.500. The Hall–Kier alpha value is -3.82. The molecule has 10 heteroatoms. The minimum absolute atomic E-state index is 0.0708. The van der Waals surface area contributed by atoms with Crippen LogP contribution in [0.1, 0.15) is 82.0 Å². The Kier molecular flexibility index (Phi) is 11.6. The second kappa shape index (κ2) is 14.9. The zero-order valence-corrected chi connectivity index (χ0v) is 25.0. The van der Waals surface area contributed by atoms with E-state index in [2.05, 4.69) is 10.6 Å². The summed E-state index contributed by atoms with van der Waals surface area (Å²) >= 11 is 0. The van der Waals surface area contributed by atoms with Crippen LogP contribution in [-0.4, -0.2) is 53.8 Å². The van der Waals surface area contributed by atoms with E-state index >= 15 is 8.78 Å². The summed E-state index contributed by atoms with van der Waals surface area (Å²) in [4.78, 5) is 52.9. The monoisotopic (exact) mass is 585 g/mol. The normalized spacial score (nSPS) is 16.4. The van der Waals surface area contributed by atoms with Crippen molar-refractivity contribution in [2.75, 3.05) is 13.2 Å². The second-order valence-corrected chi connectivity index (χ2v) is 10.8. The van der Waals surface area contributed by atoms with Crippen LogP contribution in [0, 0.1) is 25.5 Å². The van der Waals surface area contributed by atoms with Crippen molar-refractivity contribution >= 4 is 23.7 Å². The Labute approximate surface area is 246 Å². The Morgan fingerprint density at radius 2 is 1.74 bits per heavy atom. The molecule has 1 fully saturated rings. The van der Waals surface area contributed by atoms with Crippen molar-refractivity contribution in [1.29, 1.82) is 0 Å². The number of likely N-dealkylation sites (tertiary alicyclic amines) is 1. The molecule has 2 aromatic carbocycles. The lowest BCUT2D eigenvalue weighted by Gasteiger charge is -2.35. The number of hydrogen-bond acceptors (Lipinski definition) is 5. The molecule has 1 aliphatic rings. The highest BCUT2D eigenvalue weighted by atomic mass is 19.2. The van der Waals surface area contributed by atoms with E-state index in [4.69, 9.17) is 4.74 Å². The molecule has 42 heavy (non-hydrogen) atoms. The van der Waals surface area contributed by atoms with E-state index in [1.807, 2.05) is 39.0 Å². The summed E-state index contributed by atoms with van der Waals surface area (Å²) in [6.45, 7) is 9.12. The predicted molar refractivity (Wildman–Crippen MR) is 155 cm³/mol. The van der Waals surface area contributed by atoms with E-state index in [0.717, 1.165) is 35.6 Å². The number of benzene rings is 2. The van der Waals surface area contributed by atoms with Crippen LogP contribution in [0.2, 0.25) is 0 Å². The van der Waals surface area contributed by atoms with Crippen LogP contribution in [0.4, 0.5) is 8.78 Å². The molecule has 2 aromatic rings. The molecule has 0 radical (unpaired) electrons. The smallest absolute Gasteiger partial charge is 0.308 e. The van der Waals surface area contributed by atoms with E-state index in [-0.39, 0.29) is 24.5 Å². The molecule has 228 valence electrons. The summed E-state index contributed by atoms with van der Waals surface area (Å²) in [5.41, 5.74) is 2.63. The van der Waals surface area contributed by atoms with Crippen LogP contribution in [0.25, 0.3) is 11.1 Å². The van der Waals surface area contributed by atoms with Gasteiger partial charge in [0.05, 0.1) is 19.1 Å². The molecule has 8 nitrogen and oxygen atoms in total. The second-order valence-electron chi connectivity index (χ2n) is 10.8. The summed E-state index contributed by atoms with van der Waals surface area (Å²) < 4.78 is 35.5. The molecule has 0 aliphatic carbocycles. The van der Waals surface area contributed by atoms with Crippen LogP contribution < -0.4 is 10.6 Å². The molecule has 3 atom stereocenters. The third-order valence-corrected chi connectivity index (χ3v) is 7.61. The maximum absolute atomic E-state index is 15.4. The van der Waals surface area contributed by atoms with E-state index in [1.165, 1.54) is 17.9 Å². The van der Waals surface area contributed by atoms with Crippen molar-refractivity contribution in [3.8, 4) is 11.1 Å². The highest BCUT2D eigenvalue weighted by Crippen LogP contribution is 2.33. The highest BCUT2D eigenvalue weighted by Gasteiger charge is 2.34. The van der Waals surface area contributed by atoms with Crippen molar-refractivity contribution in [2.24, 2.45) is 0 Å². The number of amides is 3. The Morgan fingerprint density at radius 3 is 2.36 bits per heavy atom. The number of nitrogens with zero attached hydrogens (tertiary/aromatic N) is 1. The van der Waals surface area contributed by atoms with Gasteiger partial charge in [0.2, 0.25) is 17.7 Å². The average Bonchev–Trinajstić information content (AvgIpc) is 2.94. The van der Waals surface area contributed by atoms with Crippen LogP contribution in [0.15, 0.2) is 30.3 Å². The molecule has 0 saturated carbocycles. The van der Waals surface area contributed by atoms with Crippen LogP contribution in [0.5, 0.6) is 0 Å². The number of carbonyl (C=O) groups excluding carboxylic acids is 4. The minimum atomic E-state index is -1.27. The quantitative estimate of drug-likeness (QED) is 0.360. The van der Waals surface area contributed by atoms with E-state index in [9.17, 15) is 19.2 Å². The number of halogens is 2. The Morgan fingerprint density at radius 1 is 1.05 bits per heavy atom. The first-order chi connectivity index (χ1) is 20.0. The van der Waals surface area contributed by atoms with Gasteiger partial charge in [-0.1, -0.05) is 31.5 Å². The lowest BCUT2D eigenvalue weighted by molar-refractivity contribution is -0.144. The lowest BCUT2D eigenvalue weighted by Crippen LogP contribution is -2.56. The van der Waals surface area contributed by atoms with E-state index < -0.39 is 54.0 Å². The molecule has 0 bridgehead atoms. The number of esters is 1. The zero-order valence-electron chi connectivity index (χ0n) is 25.0. The topological polar surface area (TPSA) is 105 Å². The Balaban J connectivity index is 1.96. The van der Waals surface area contributed by atoms with Crippen LogP contribution >= 0.6 is 0 Å². The maximum atomic E-state index is 15.4. The van der Waals surface area contributed by atoms with Gasteiger partial charge < -0.3 is 20.3 Å². The molecule has 1 saturated heterocycles. The minimum Gasteiger partial charge on any atom is -0.466 e. The van der Waals surface area contributed by atoms with E-state index in [0.29, 0.717) is 24.9 Å². The molecule has 0 aromatic heterocycles. The SMILES string of the molecule is CCC[C@H](NC(=O)[C@H]1CCCCN1C(C)=O)C(=O)N[C@@H](CC(=O)OCC)c1cc(-c2c(C)cccc2C)cc(F)c1F. The van der Waals surface area contributed by atoms with Crippen molar-refractivity contribution in [1.82, 2.24) is 15.5 Å². The lowest BCUT2D eigenvalue weighted by atomic mass is 9.92. The third-order valence-electron chi connectivity index (χ3n) is 7.61. The van der Waals surface area contributed by atoms with E-state index in [1.54, 1.807) is 6.92 Å². The van der Waals surface area contributed by atoms with Crippen molar-refractivity contribution in [3.63, 3.8) is 0 Å². The number of nitrogens with one attached hydrogen (secondary N) is 2. The van der Waals surface area contributed by atoms with Gasteiger partial charge in [-0.2, -0.15) is 0 Å². The van der Waals surface area contributed by atoms with Crippen LogP contribution in [0.3, 0.4) is 0 Å². The molecule has 1 heterocycles. The first-order valence-electron chi connectivity index (χ1n) is 14.6.